The number of nitrogens with zero attached hydrogens (tertiary/aromatic N) is 2. The van der Waals surface area contributed by atoms with Gasteiger partial charge in [-0.15, -0.1) is 11.3 Å². The first-order valence-electron chi connectivity index (χ1n) is 14.6. The number of benzene rings is 7. The third kappa shape index (κ3) is 3.79. The lowest BCUT2D eigenvalue weighted by Gasteiger charge is -2.26. The molecule has 0 bridgehead atoms. The monoisotopic (exact) mass is 566 g/mol. The fourth-order valence-corrected chi connectivity index (χ4v) is 7.85. The van der Waals surface area contributed by atoms with Crippen LogP contribution in [-0.4, -0.2) is 4.57 Å². The van der Waals surface area contributed by atoms with Gasteiger partial charge in [0.05, 0.1) is 11.0 Å². The highest BCUT2D eigenvalue weighted by molar-refractivity contribution is 7.26. The molecule has 2 nitrogen and oxygen atoms in total. The molecular weight excluding hydrogens is 541 g/mol. The number of thiophene rings is 1. The van der Waals surface area contributed by atoms with E-state index in [9.17, 15) is 0 Å². The molecule has 0 atom stereocenters. The summed E-state index contributed by atoms with van der Waals surface area (Å²) in [6.07, 6.45) is 0. The second-order valence-corrected chi connectivity index (χ2v) is 12.1. The standard InChI is InChI=1S/C40H26N2S/c1-3-13-29(14-4-1)41(31-20-19-27-11-7-8-12-28(27)25-31)32-21-24-38-35(26-32)33-22-23-37-39(40(33)43-38)34-17-9-10-18-36(34)42(37)30-15-5-2-6-16-30/h1-26H. The normalized spacial score (nSPS) is 11.7. The molecule has 7 aromatic carbocycles. The lowest BCUT2D eigenvalue weighted by atomic mass is 10.1. The van der Waals surface area contributed by atoms with Crippen molar-refractivity contribution in [2.45, 2.75) is 0 Å². The highest BCUT2D eigenvalue weighted by Crippen LogP contribution is 2.45. The summed E-state index contributed by atoms with van der Waals surface area (Å²) in [5, 5.41) is 7.70. The van der Waals surface area contributed by atoms with Gasteiger partial charge < -0.3 is 9.47 Å². The van der Waals surface area contributed by atoms with Crippen molar-refractivity contribution >= 4 is 81.1 Å². The van der Waals surface area contributed by atoms with Crippen molar-refractivity contribution in [1.29, 1.82) is 0 Å². The number of anilines is 3. The molecule has 202 valence electrons. The Morgan fingerprint density at radius 2 is 1.14 bits per heavy atom. The first-order chi connectivity index (χ1) is 21.3. The zero-order valence-corrected chi connectivity index (χ0v) is 24.1. The van der Waals surface area contributed by atoms with Crippen LogP contribution < -0.4 is 4.90 Å². The first-order valence-corrected chi connectivity index (χ1v) is 15.4. The second kappa shape index (κ2) is 9.59. The van der Waals surface area contributed by atoms with Gasteiger partial charge in [-0.05, 0) is 77.5 Å². The summed E-state index contributed by atoms with van der Waals surface area (Å²) < 4.78 is 5.04. The second-order valence-electron chi connectivity index (χ2n) is 11.0. The minimum atomic E-state index is 1.14. The van der Waals surface area contributed by atoms with Crippen molar-refractivity contribution in [2.75, 3.05) is 4.90 Å². The summed E-state index contributed by atoms with van der Waals surface area (Å²) in [4.78, 5) is 2.37. The van der Waals surface area contributed by atoms with Crippen molar-refractivity contribution in [3.05, 3.63) is 158 Å². The third-order valence-electron chi connectivity index (χ3n) is 8.53. The van der Waals surface area contributed by atoms with Gasteiger partial charge in [0, 0.05) is 53.7 Å². The topological polar surface area (TPSA) is 8.17 Å². The average molecular weight is 567 g/mol. The van der Waals surface area contributed by atoms with Crippen molar-refractivity contribution in [3.8, 4) is 5.69 Å². The molecule has 3 heteroatoms. The molecule has 9 aromatic rings. The first kappa shape index (κ1) is 24.2. The van der Waals surface area contributed by atoms with E-state index in [1.807, 2.05) is 11.3 Å². The molecule has 9 rings (SSSR count). The molecule has 0 saturated heterocycles. The third-order valence-corrected chi connectivity index (χ3v) is 9.74. The molecule has 0 N–H and O–H groups in total. The Bertz CT molecular complexity index is 2450. The maximum Gasteiger partial charge on any atom is 0.0555 e. The Morgan fingerprint density at radius 1 is 0.442 bits per heavy atom. The van der Waals surface area contributed by atoms with Crippen LogP contribution in [0.15, 0.2) is 158 Å². The molecule has 0 aliphatic carbocycles. The van der Waals surface area contributed by atoms with Gasteiger partial charge in [0.25, 0.3) is 0 Å². The SMILES string of the molecule is c1ccc(N(c2ccc3ccccc3c2)c2ccc3sc4c(ccc5c4c4ccccc4n5-c4ccccc4)c3c2)cc1. The predicted molar refractivity (Wildman–Crippen MR) is 186 cm³/mol. The smallest absolute Gasteiger partial charge is 0.0555 e. The number of aromatic nitrogens is 1. The quantitative estimate of drug-likeness (QED) is 0.206. The maximum absolute atomic E-state index is 2.40. The van der Waals surface area contributed by atoms with Crippen molar-refractivity contribution in [1.82, 2.24) is 4.57 Å². The van der Waals surface area contributed by atoms with E-state index >= 15 is 0 Å². The fraction of sp³-hybridized carbons (Fsp3) is 0. The van der Waals surface area contributed by atoms with Crippen LogP contribution in [0, 0.1) is 0 Å². The molecule has 0 fully saturated rings. The summed E-state index contributed by atoms with van der Waals surface area (Å²) in [5.41, 5.74) is 7.11. The fourth-order valence-electron chi connectivity index (χ4n) is 6.61. The predicted octanol–water partition coefficient (Wildman–Crippen LogP) is 11.8. The van der Waals surface area contributed by atoms with Gasteiger partial charge in [-0.1, -0.05) is 91.0 Å². The van der Waals surface area contributed by atoms with E-state index < -0.39 is 0 Å². The lowest BCUT2D eigenvalue weighted by Crippen LogP contribution is -2.09. The number of rotatable bonds is 4. The van der Waals surface area contributed by atoms with Crippen LogP contribution in [0.2, 0.25) is 0 Å². The molecule has 0 aliphatic rings. The van der Waals surface area contributed by atoms with Gasteiger partial charge >= 0.3 is 0 Å². The maximum atomic E-state index is 2.40. The van der Waals surface area contributed by atoms with Crippen molar-refractivity contribution in [2.24, 2.45) is 0 Å². The average Bonchev–Trinajstić information content (AvgIpc) is 3.61. The Kier molecular flexibility index (Phi) is 5.40. The Morgan fingerprint density at radius 3 is 2.00 bits per heavy atom. The Balaban J connectivity index is 1.29. The number of para-hydroxylation sites is 3. The largest absolute Gasteiger partial charge is 0.310 e. The van der Waals surface area contributed by atoms with Crippen molar-refractivity contribution in [3.63, 3.8) is 0 Å². The molecule has 0 amide bonds. The summed E-state index contributed by atoms with van der Waals surface area (Å²) in [6.45, 7) is 0. The van der Waals surface area contributed by atoms with Gasteiger partial charge in [0.15, 0.2) is 0 Å². The highest BCUT2D eigenvalue weighted by Gasteiger charge is 2.19. The van der Waals surface area contributed by atoms with E-state index in [4.69, 9.17) is 0 Å². The minimum Gasteiger partial charge on any atom is -0.310 e. The molecule has 0 aliphatic heterocycles. The van der Waals surface area contributed by atoms with Gasteiger partial charge in [-0.2, -0.15) is 0 Å². The van der Waals surface area contributed by atoms with Crippen LogP contribution in [0.5, 0.6) is 0 Å². The van der Waals surface area contributed by atoms with Gasteiger partial charge in [-0.25, -0.2) is 0 Å². The van der Waals surface area contributed by atoms with E-state index in [-0.39, 0.29) is 0 Å². The van der Waals surface area contributed by atoms with E-state index in [0.29, 0.717) is 0 Å². The van der Waals surface area contributed by atoms with Crippen LogP contribution in [-0.2, 0) is 0 Å². The number of fused-ring (bicyclic) bond motifs is 8. The van der Waals surface area contributed by atoms with E-state index in [1.54, 1.807) is 0 Å². The molecule has 0 spiro atoms. The van der Waals surface area contributed by atoms with E-state index in [0.717, 1.165) is 17.1 Å². The van der Waals surface area contributed by atoms with Crippen LogP contribution >= 0.6 is 11.3 Å². The molecular formula is C40H26N2S. The Hall–Kier alpha value is -5.38. The van der Waals surface area contributed by atoms with Crippen LogP contribution in [0.25, 0.3) is 58.4 Å². The zero-order chi connectivity index (χ0) is 28.3. The molecule has 2 heterocycles. The minimum absolute atomic E-state index is 1.14. The molecule has 0 saturated carbocycles. The summed E-state index contributed by atoms with van der Waals surface area (Å²) >= 11 is 1.90. The molecule has 2 aromatic heterocycles. The molecule has 0 radical (unpaired) electrons. The van der Waals surface area contributed by atoms with Gasteiger partial charge in [0.2, 0.25) is 0 Å². The van der Waals surface area contributed by atoms with Crippen LogP contribution in [0.1, 0.15) is 0 Å². The highest BCUT2D eigenvalue weighted by atomic mass is 32.1. The summed E-state index contributed by atoms with van der Waals surface area (Å²) in [7, 11) is 0. The zero-order valence-electron chi connectivity index (χ0n) is 23.3. The lowest BCUT2D eigenvalue weighted by molar-refractivity contribution is 1.18. The van der Waals surface area contributed by atoms with Crippen molar-refractivity contribution < 1.29 is 0 Å². The van der Waals surface area contributed by atoms with Crippen LogP contribution in [0.4, 0.5) is 17.1 Å². The Labute approximate surface area is 253 Å². The van der Waals surface area contributed by atoms with E-state index in [2.05, 4.69) is 167 Å². The molecule has 0 unspecified atom stereocenters. The number of hydrogen-bond acceptors (Lipinski definition) is 2. The number of hydrogen-bond donors (Lipinski definition) is 0. The summed E-state index contributed by atoms with van der Waals surface area (Å²) in [5.74, 6) is 0. The van der Waals surface area contributed by atoms with E-state index in [1.165, 1.54) is 58.4 Å². The van der Waals surface area contributed by atoms with Crippen LogP contribution in [0.3, 0.4) is 0 Å². The van der Waals surface area contributed by atoms with Gasteiger partial charge in [-0.3, -0.25) is 0 Å². The summed E-state index contributed by atoms with van der Waals surface area (Å²) in [6, 6.07) is 57.1. The van der Waals surface area contributed by atoms with Gasteiger partial charge in [0.1, 0.15) is 0 Å². The molecule has 43 heavy (non-hydrogen) atoms.